The topological polar surface area (TPSA) is 84.9 Å². The van der Waals surface area contributed by atoms with Gasteiger partial charge in [-0.3, -0.25) is 19.3 Å². The molecule has 168 valence electrons. The summed E-state index contributed by atoms with van der Waals surface area (Å²) in [6.07, 6.45) is 5.38. The fraction of sp³-hybridized carbons (Fsp3) is 0.346. The summed E-state index contributed by atoms with van der Waals surface area (Å²) in [6, 6.07) is 14.2. The third-order valence-corrected chi connectivity index (χ3v) is 7.49. The Labute approximate surface area is 191 Å². The molecule has 7 heteroatoms. The molecular weight excluding hydrogens is 420 g/mol. The van der Waals surface area contributed by atoms with E-state index in [-0.39, 0.29) is 47.9 Å². The third kappa shape index (κ3) is 3.30. The van der Waals surface area contributed by atoms with Crippen LogP contribution < -0.4 is 14.8 Å². The second kappa shape index (κ2) is 7.47. The number of carbonyl (C=O) groups excluding carboxylic acids is 3. The Bertz CT molecular complexity index is 1120. The van der Waals surface area contributed by atoms with Gasteiger partial charge in [-0.05, 0) is 78.6 Å². The van der Waals surface area contributed by atoms with Crippen molar-refractivity contribution < 1.29 is 23.9 Å². The van der Waals surface area contributed by atoms with E-state index < -0.39 is 0 Å². The summed E-state index contributed by atoms with van der Waals surface area (Å²) >= 11 is 0. The molecule has 6 atom stereocenters. The predicted octanol–water partition coefficient (Wildman–Crippen LogP) is 3.48. The average molecular weight is 444 g/mol. The first-order valence-electron chi connectivity index (χ1n) is 11.3. The van der Waals surface area contributed by atoms with Crippen molar-refractivity contribution in [2.75, 3.05) is 19.0 Å². The molecule has 0 radical (unpaired) electrons. The van der Waals surface area contributed by atoms with E-state index in [0.29, 0.717) is 29.0 Å². The quantitative estimate of drug-likeness (QED) is 0.545. The molecule has 2 saturated carbocycles. The summed E-state index contributed by atoms with van der Waals surface area (Å²) in [5, 5.41) is 2.78. The highest BCUT2D eigenvalue weighted by molar-refractivity contribution is 6.09. The van der Waals surface area contributed by atoms with Crippen LogP contribution in [0.4, 0.5) is 5.69 Å². The minimum atomic E-state index is -0.385. The number of hydrogen-bond acceptors (Lipinski definition) is 5. The molecule has 7 nitrogen and oxygen atoms in total. The zero-order valence-corrected chi connectivity index (χ0v) is 18.1. The molecule has 1 heterocycles. The van der Waals surface area contributed by atoms with Crippen molar-refractivity contribution in [2.45, 2.75) is 6.42 Å². The standard InChI is InChI=1S/C26H24N2O5/c1-32-15-6-8-17(9-7-15)33-16-4-2-14(3-5-16)27-22(29)13-28-25(30)23-18-10-11-19(21-12-20(18)21)24(23)26(28)31/h2-11,18-21,23-24H,12-13H2,1H3,(H,27,29)/t18-,19-,20-,21+,23-,24+/m1/s1. The highest BCUT2D eigenvalue weighted by Crippen LogP contribution is 2.65. The van der Waals surface area contributed by atoms with E-state index >= 15 is 0 Å². The van der Waals surface area contributed by atoms with Gasteiger partial charge >= 0.3 is 0 Å². The summed E-state index contributed by atoms with van der Waals surface area (Å²) in [5.74, 6) is 2.13. The fourth-order valence-electron chi connectivity index (χ4n) is 5.90. The third-order valence-electron chi connectivity index (χ3n) is 7.49. The molecule has 1 saturated heterocycles. The number of hydrogen-bond donors (Lipinski definition) is 1. The van der Waals surface area contributed by atoms with Crippen LogP contribution in [0.15, 0.2) is 60.7 Å². The molecule has 2 aromatic rings. The molecule has 1 N–H and O–H groups in total. The van der Waals surface area contributed by atoms with Gasteiger partial charge in [0.2, 0.25) is 17.7 Å². The monoisotopic (exact) mass is 444 g/mol. The zero-order chi connectivity index (χ0) is 22.7. The van der Waals surface area contributed by atoms with Gasteiger partial charge in [0.15, 0.2) is 0 Å². The Morgan fingerprint density at radius 2 is 1.39 bits per heavy atom. The number of imide groups is 1. The van der Waals surface area contributed by atoms with Crippen LogP contribution in [0.3, 0.4) is 0 Å². The first kappa shape index (κ1) is 20.0. The van der Waals surface area contributed by atoms with Gasteiger partial charge in [-0.1, -0.05) is 12.2 Å². The Morgan fingerprint density at radius 1 is 0.879 bits per heavy atom. The number of benzene rings is 2. The summed E-state index contributed by atoms with van der Waals surface area (Å²) in [4.78, 5) is 39.8. The van der Waals surface area contributed by atoms with Crippen LogP contribution in [0.2, 0.25) is 0 Å². The molecule has 33 heavy (non-hydrogen) atoms. The lowest BCUT2D eigenvalue weighted by molar-refractivity contribution is -0.142. The second-order valence-electron chi connectivity index (χ2n) is 9.27. The normalized spacial score (nSPS) is 30.6. The lowest BCUT2D eigenvalue weighted by Crippen LogP contribution is -2.40. The fourth-order valence-corrected chi connectivity index (χ4v) is 5.90. The van der Waals surface area contributed by atoms with E-state index in [2.05, 4.69) is 17.5 Å². The Balaban J connectivity index is 1.08. The number of nitrogens with zero attached hydrogens (tertiary/aromatic N) is 1. The molecule has 0 aromatic heterocycles. The molecule has 1 aliphatic heterocycles. The van der Waals surface area contributed by atoms with Gasteiger partial charge in [-0.15, -0.1) is 0 Å². The van der Waals surface area contributed by atoms with Gasteiger partial charge in [0.25, 0.3) is 0 Å². The predicted molar refractivity (Wildman–Crippen MR) is 120 cm³/mol. The zero-order valence-electron chi connectivity index (χ0n) is 18.1. The number of methoxy groups -OCH3 is 1. The second-order valence-corrected chi connectivity index (χ2v) is 9.27. The lowest BCUT2D eigenvalue weighted by Gasteiger charge is -2.37. The molecule has 5 aliphatic rings. The van der Waals surface area contributed by atoms with Crippen LogP contribution in [0, 0.1) is 35.5 Å². The molecule has 0 spiro atoms. The smallest absolute Gasteiger partial charge is 0.244 e. The van der Waals surface area contributed by atoms with Crippen molar-refractivity contribution in [1.82, 2.24) is 4.90 Å². The molecule has 2 aromatic carbocycles. The summed E-state index contributed by atoms with van der Waals surface area (Å²) in [5.41, 5.74) is 0.571. The Hall–Kier alpha value is -3.61. The molecular formula is C26H24N2O5. The van der Waals surface area contributed by atoms with E-state index in [1.54, 1.807) is 43.5 Å². The number of rotatable bonds is 6. The van der Waals surface area contributed by atoms with Crippen LogP contribution >= 0.6 is 0 Å². The van der Waals surface area contributed by atoms with Gasteiger partial charge in [-0.25, -0.2) is 0 Å². The van der Waals surface area contributed by atoms with Crippen molar-refractivity contribution in [3.05, 3.63) is 60.7 Å². The largest absolute Gasteiger partial charge is 0.497 e. The summed E-state index contributed by atoms with van der Waals surface area (Å²) < 4.78 is 10.9. The average Bonchev–Trinajstić information content (AvgIpc) is 3.62. The molecule has 0 unspecified atom stereocenters. The first-order valence-corrected chi connectivity index (χ1v) is 11.3. The number of likely N-dealkylation sites (tertiary alicyclic amines) is 1. The molecule has 4 aliphatic carbocycles. The van der Waals surface area contributed by atoms with Crippen molar-refractivity contribution in [3.63, 3.8) is 0 Å². The minimum absolute atomic E-state index is 0.160. The van der Waals surface area contributed by atoms with Gasteiger partial charge < -0.3 is 14.8 Å². The molecule has 3 amide bonds. The van der Waals surface area contributed by atoms with Crippen molar-refractivity contribution in [3.8, 4) is 17.2 Å². The van der Waals surface area contributed by atoms with Crippen LogP contribution in [0.25, 0.3) is 0 Å². The van der Waals surface area contributed by atoms with Crippen molar-refractivity contribution >= 4 is 23.4 Å². The van der Waals surface area contributed by atoms with Crippen molar-refractivity contribution in [1.29, 1.82) is 0 Å². The number of anilines is 1. The number of amides is 3. The maximum absolute atomic E-state index is 13.0. The van der Waals surface area contributed by atoms with Crippen LogP contribution in [0.5, 0.6) is 17.2 Å². The van der Waals surface area contributed by atoms with E-state index in [9.17, 15) is 14.4 Å². The van der Waals surface area contributed by atoms with Gasteiger partial charge in [-0.2, -0.15) is 0 Å². The van der Waals surface area contributed by atoms with Crippen LogP contribution in [-0.2, 0) is 14.4 Å². The summed E-state index contributed by atoms with van der Waals surface area (Å²) in [7, 11) is 1.61. The van der Waals surface area contributed by atoms with Gasteiger partial charge in [0.05, 0.1) is 18.9 Å². The minimum Gasteiger partial charge on any atom is -0.497 e. The maximum atomic E-state index is 13.0. The maximum Gasteiger partial charge on any atom is 0.244 e. The highest BCUT2D eigenvalue weighted by Gasteiger charge is 2.67. The first-order chi connectivity index (χ1) is 16.0. The van der Waals surface area contributed by atoms with Gasteiger partial charge in [0.1, 0.15) is 23.8 Å². The number of ether oxygens (including phenoxy) is 2. The van der Waals surface area contributed by atoms with Gasteiger partial charge in [0, 0.05) is 5.69 Å². The Kier molecular flexibility index (Phi) is 4.54. The van der Waals surface area contributed by atoms with Crippen LogP contribution in [-0.4, -0.2) is 36.3 Å². The van der Waals surface area contributed by atoms with Crippen molar-refractivity contribution in [2.24, 2.45) is 35.5 Å². The van der Waals surface area contributed by atoms with E-state index in [1.165, 1.54) is 4.90 Å². The lowest BCUT2D eigenvalue weighted by atomic mass is 9.63. The molecule has 7 rings (SSSR count). The van der Waals surface area contributed by atoms with E-state index in [0.717, 1.165) is 12.2 Å². The molecule has 3 fully saturated rings. The Morgan fingerprint density at radius 3 is 1.94 bits per heavy atom. The molecule has 2 bridgehead atoms. The van der Waals surface area contributed by atoms with Crippen LogP contribution in [0.1, 0.15) is 6.42 Å². The number of carbonyl (C=O) groups is 3. The highest BCUT2D eigenvalue weighted by atomic mass is 16.5. The summed E-state index contributed by atoms with van der Waals surface area (Å²) in [6.45, 7) is -0.246. The number of nitrogens with one attached hydrogen (secondary N) is 1. The SMILES string of the molecule is COc1ccc(Oc2ccc(NC(=O)CN3C(=O)[C@@H]4[C@@H]5C=C[C@H]([C@@H]6C[C@H]56)[C@@H]4C3=O)cc2)cc1. The van der Waals surface area contributed by atoms with E-state index in [4.69, 9.17) is 9.47 Å². The van der Waals surface area contributed by atoms with E-state index in [1.807, 2.05) is 12.1 Å². The number of allylic oxidation sites excluding steroid dienone is 2.